The van der Waals surface area contributed by atoms with Gasteiger partial charge in [0.25, 0.3) is 0 Å². The van der Waals surface area contributed by atoms with Crippen molar-refractivity contribution in [2.75, 3.05) is 18.0 Å². The summed E-state index contributed by atoms with van der Waals surface area (Å²) < 4.78 is 0. The minimum Gasteiger partial charge on any atom is -0.345 e. The third-order valence-corrected chi connectivity index (χ3v) is 4.88. The Labute approximate surface area is 121 Å². The van der Waals surface area contributed by atoms with Crippen LogP contribution in [-0.4, -0.2) is 24.1 Å². The molecule has 1 fully saturated rings. The third-order valence-electron chi connectivity index (χ3n) is 3.77. The molecule has 0 spiro atoms. The van der Waals surface area contributed by atoms with Gasteiger partial charge in [-0.2, -0.15) is 0 Å². The minimum absolute atomic E-state index is 0.515. The molecule has 1 N–H and O–H groups in total. The molecule has 0 bridgehead atoms. The van der Waals surface area contributed by atoms with Crippen LogP contribution in [-0.2, 0) is 6.54 Å². The Balaban J connectivity index is 2.14. The van der Waals surface area contributed by atoms with E-state index in [1.165, 1.54) is 41.5 Å². The SMILES string of the molecule is CCCNCc1sc(N2CCCC2C)nc1C(C)C. The van der Waals surface area contributed by atoms with Gasteiger partial charge in [-0.15, -0.1) is 11.3 Å². The second kappa shape index (κ2) is 6.71. The quantitative estimate of drug-likeness (QED) is 0.805. The van der Waals surface area contributed by atoms with E-state index in [0.717, 1.165) is 13.1 Å². The van der Waals surface area contributed by atoms with E-state index in [-0.39, 0.29) is 0 Å². The van der Waals surface area contributed by atoms with Gasteiger partial charge >= 0.3 is 0 Å². The third kappa shape index (κ3) is 3.48. The van der Waals surface area contributed by atoms with Gasteiger partial charge in [0.1, 0.15) is 0 Å². The fourth-order valence-corrected chi connectivity index (χ4v) is 3.96. The van der Waals surface area contributed by atoms with Crippen molar-refractivity contribution in [1.29, 1.82) is 0 Å². The number of aromatic nitrogens is 1. The number of rotatable bonds is 6. The van der Waals surface area contributed by atoms with Gasteiger partial charge in [-0.3, -0.25) is 0 Å². The summed E-state index contributed by atoms with van der Waals surface area (Å²) in [6, 6.07) is 0.655. The molecule has 4 heteroatoms. The normalized spacial score (nSPS) is 19.6. The highest BCUT2D eigenvalue weighted by atomic mass is 32.1. The van der Waals surface area contributed by atoms with Crippen LogP contribution in [0, 0.1) is 0 Å². The number of anilines is 1. The average Bonchev–Trinajstić information content (AvgIpc) is 2.95. The van der Waals surface area contributed by atoms with Gasteiger partial charge in [-0.1, -0.05) is 20.8 Å². The molecule has 0 saturated carbocycles. The van der Waals surface area contributed by atoms with E-state index in [2.05, 4.69) is 37.9 Å². The van der Waals surface area contributed by atoms with Crippen LogP contribution in [0.3, 0.4) is 0 Å². The van der Waals surface area contributed by atoms with Gasteiger partial charge in [0.2, 0.25) is 0 Å². The Morgan fingerprint density at radius 3 is 2.84 bits per heavy atom. The molecule has 1 saturated heterocycles. The first-order chi connectivity index (χ1) is 9.13. The lowest BCUT2D eigenvalue weighted by Crippen LogP contribution is -2.26. The van der Waals surface area contributed by atoms with Crippen molar-refractivity contribution >= 4 is 16.5 Å². The molecule has 1 aliphatic heterocycles. The summed E-state index contributed by atoms with van der Waals surface area (Å²) in [5.41, 5.74) is 1.29. The van der Waals surface area contributed by atoms with Crippen molar-refractivity contribution < 1.29 is 0 Å². The van der Waals surface area contributed by atoms with Crippen LogP contribution in [0.25, 0.3) is 0 Å². The molecule has 0 aliphatic carbocycles. The van der Waals surface area contributed by atoms with Crippen LogP contribution < -0.4 is 10.2 Å². The van der Waals surface area contributed by atoms with Crippen LogP contribution in [0.4, 0.5) is 5.13 Å². The molecule has 108 valence electrons. The van der Waals surface area contributed by atoms with Crippen molar-refractivity contribution in [1.82, 2.24) is 10.3 Å². The number of nitrogens with one attached hydrogen (secondary N) is 1. The molecular formula is C15H27N3S. The molecule has 1 atom stereocenters. The molecule has 19 heavy (non-hydrogen) atoms. The fraction of sp³-hybridized carbons (Fsp3) is 0.800. The van der Waals surface area contributed by atoms with Gasteiger partial charge < -0.3 is 10.2 Å². The molecule has 1 aliphatic rings. The summed E-state index contributed by atoms with van der Waals surface area (Å²) in [6.07, 6.45) is 3.80. The summed E-state index contributed by atoms with van der Waals surface area (Å²) in [5, 5.41) is 4.75. The number of hydrogen-bond donors (Lipinski definition) is 1. The molecule has 2 rings (SSSR count). The van der Waals surface area contributed by atoms with Crippen molar-refractivity contribution in [3.8, 4) is 0 Å². The highest BCUT2D eigenvalue weighted by molar-refractivity contribution is 7.15. The Bertz CT molecular complexity index is 400. The van der Waals surface area contributed by atoms with E-state index in [1.54, 1.807) is 0 Å². The summed E-state index contributed by atoms with van der Waals surface area (Å²) in [6.45, 7) is 12.3. The van der Waals surface area contributed by atoms with Crippen LogP contribution >= 0.6 is 11.3 Å². The van der Waals surface area contributed by atoms with Gasteiger partial charge in [-0.05, 0) is 38.6 Å². The molecule has 1 aromatic rings. The van der Waals surface area contributed by atoms with E-state index >= 15 is 0 Å². The molecule has 0 amide bonds. The number of hydrogen-bond acceptors (Lipinski definition) is 4. The van der Waals surface area contributed by atoms with Crippen molar-refractivity contribution in [3.05, 3.63) is 10.6 Å². The molecular weight excluding hydrogens is 254 g/mol. The predicted molar refractivity (Wildman–Crippen MR) is 84.2 cm³/mol. The van der Waals surface area contributed by atoms with Crippen LogP contribution in [0.2, 0.25) is 0 Å². The fourth-order valence-electron chi connectivity index (χ4n) is 2.65. The van der Waals surface area contributed by atoms with E-state index in [1.807, 2.05) is 11.3 Å². The Kier molecular flexibility index (Phi) is 5.22. The highest BCUT2D eigenvalue weighted by Crippen LogP contribution is 2.34. The first-order valence-corrected chi connectivity index (χ1v) is 8.42. The van der Waals surface area contributed by atoms with E-state index < -0.39 is 0 Å². The van der Waals surface area contributed by atoms with Gasteiger partial charge in [0, 0.05) is 24.0 Å². The zero-order valence-electron chi connectivity index (χ0n) is 12.7. The summed E-state index contributed by atoms with van der Waals surface area (Å²) in [7, 11) is 0. The highest BCUT2D eigenvalue weighted by Gasteiger charge is 2.25. The summed E-state index contributed by atoms with van der Waals surface area (Å²) >= 11 is 1.89. The maximum absolute atomic E-state index is 4.93. The number of nitrogens with zero attached hydrogens (tertiary/aromatic N) is 2. The van der Waals surface area contributed by atoms with E-state index in [9.17, 15) is 0 Å². The first kappa shape index (κ1) is 14.8. The second-order valence-corrected chi connectivity index (χ2v) is 6.88. The second-order valence-electron chi connectivity index (χ2n) is 5.82. The maximum Gasteiger partial charge on any atom is 0.186 e. The summed E-state index contributed by atoms with van der Waals surface area (Å²) in [5.74, 6) is 0.515. The Morgan fingerprint density at radius 2 is 2.26 bits per heavy atom. The molecule has 1 unspecified atom stereocenters. The van der Waals surface area contributed by atoms with Crippen molar-refractivity contribution in [2.24, 2.45) is 0 Å². The van der Waals surface area contributed by atoms with E-state index in [0.29, 0.717) is 12.0 Å². The zero-order valence-corrected chi connectivity index (χ0v) is 13.5. The lowest BCUT2D eigenvalue weighted by atomic mass is 10.1. The lowest BCUT2D eigenvalue weighted by Gasteiger charge is -2.19. The van der Waals surface area contributed by atoms with E-state index in [4.69, 9.17) is 4.98 Å². The minimum atomic E-state index is 0.515. The number of thiazole rings is 1. The predicted octanol–water partition coefficient (Wildman–Crippen LogP) is 3.75. The monoisotopic (exact) mass is 281 g/mol. The Morgan fingerprint density at radius 1 is 1.47 bits per heavy atom. The average molecular weight is 281 g/mol. The molecule has 2 heterocycles. The van der Waals surface area contributed by atoms with Gasteiger partial charge in [0.15, 0.2) is 5.13 Å². The lowest BCUT2D eigenvalue weighted by molar-refractivity contribution is 0.670. The van der Waals surface area contributed by atoms with Crippen LogP contribution in [0.1, 0.15) is 63.4 Å². The standard InChI is InChI=1S/C15H27N3S/c1-5-8-16-10-13-14(11(2)3)17-15(19-13)18-9-6-7-12(18)4/h11-12,16H,5-10H2,1-4H3. The smallest absolute Gasteiger partial charge is 0.186 e. The topological polar surface area (TPSA) is 28.2 Å². The van der Waals surface area contributed by atoms with Gasteiger partial charge in [0.05, 0.1) is 5.69 Å². The van der Waals surface area contributed by atoms with Gasteiger partial charge in [-0.25, -0.2) is 4.98 Å². The largest absolute Gasteiger partial charge is 0.345 e. The zero-order chi connectivity index (χ0) is 13.8. The van der Waals surface area contributed by atoms with Crippen LogP contribution in [0.5, 0.6) is 0 Å². The first-order valence-electron chi connectivity index (χ1n) is 7.60. The molecule has 0 radical (unpaired) electrons. The van der Waals surface area contributed by atoms with Crippen LogP contribution in [0.15, 0.2) is 0 Å². The molecule has 1 aromatic heterocycles. The Hall–Kier alpha value is -0.610. The molecule has 0 aromatic carbocycles. The maximum atomic E-state index is 4.93. The van der Waals surface area contributed by atoms with Crippen molar-refractivity contribution in [3.63, 3.8) is 0 Å². The summed E-state index contributed by atoms with van der Waals surface area (Å²) in [4.78, 5) is 8.84. The van der Waals surface area contributed by atoms with Crippen molar-refractivity contribution in [2.45, 2.75) is 65.5 Å². The molecule has 3 nitrogen and oxygen atoms in total.